The minimum absolute atomic E-state index is 0.000646. The van der Waals surface area contributed by atoms with Crippen molar-refractivity contribution in [3.63, 3.8) is 0 Å². The van der Waals surface area contributed by atoms with Gasteiger partial charge in [-0.1, -0.05) is 61.5 Å². The van der Waals surface area contributed by atoms with Gasteiger partial charge < -0.3 is 20.8 Å². The van der Waals surface area contributed by atoms with E-state index in [0.29, 0.717) is 5.56 Å². The molecule has 196 valence electrons. The number of nitrogens with one attached hydrogen (secondary N) is 2. The Bertz CT molecular complexity index is 1110. The lowest BCUT2D eigenvalue weighted by Gasteiger charge is -2.30. The van der Waals surface area contributed by atoms with Crippen molar-refractivity contribution in [2.24, 2.45) is 11.1 Å². The number of hydrogen-bond donors (Lipinski definition) is 4. The molecule has 4 N–H and O–H groups in total. The molecule has 0 aliphatic carbocycles. The van der Waals surface area contributed by atoms with Crippen LogP contribution in [0.4, 0.5) is 4.79 Å². The lowest BCUT2D eigenvalue weighted by Crippen LogP contribution is -2.52. The van der Waals surface area contributed by atoms with Crippen molar-refractivity contribution in [1.82, 2.24) is 14.9 Å². The minimum Gasteiger partial charge on any atom is -0.465 e. The molecule has 2 amide bonds. The third-order valence-electron chi connectivity index (χ3n) is 5.28. The molecule has 0 unspecified atom stereocenters. The SMILES string of the molecule is CC(C)CN(C[C@@H](O)[C@H](Cc1ccccc1)NC(=O)CNC(=O)O)S(=O)(=O)c1ccc(CN=O)cc1. The number of carbonyl (C=O) groups is 2. The van der Waals surface area contributed by atoms with Crippen molar-refractivity contribution in [3.8, 4) is 0 Å². The fraction of sp³-hybridized carbons (Fsp3) is 0.417. The van der Waals surface area contributed by atoms with Gasteiger partial charge in [0.1, 0.15) is 6.54 Å². The number of nitrogens with zero attached hydrogens (tertiary/aromatic N) is 2. The topological polar surface area (TPSA) is 165 Å². The summed E-state index contributed by atoms with van der Waals surface area (Å²) in [6.07, 6.45) is -2.47. The first kappa shape index (κ1) is 28.9. The molecule has 2 rings (SSSR count). The van der Waals surface area contributed by atoms with E-state index >= 15 is 0 Å². The predicted octanol–water partition coefficient (Wildman–Crippen LogP) is 1.96. The van der Waals surface area contributed by atoms with Crippen molar-refractivity contribution >= 4 is 22.0 Å². The molecule has 0 radical (unpaired) electrons. The number of aliphatic hydroxyl groups is 1. The van der Waals surface area contributed by atoms with Crippen LogP contribution in [0.5, 0.6) is 0 Å². The predicted molar refractivity (Wildman–Crippen MR) is 134 cm³/mol. The van der Waals surface area contributed by atoms with Gasteiger partial charge in [-0.05, 0) is 35.6 Å². The Balaban J connectivity index is 2.28. The van der Waals surface area contributed by atoms with Gasteiger partial charge in [0.05, 0.1) is 23.6 Å². The molecule has 2 atom stereocenters. The van der Waals surface area contributed by atoms with E-state index < -0.39 is 40.7 Å². The summed E-state index contributed by atoms with van der Waals surface area (Å²) >= 11 is 0. The summed E-state index contributed by atoms with van der Waals surface area (Å²) in [6.45, 7) is 2.91. The van der Waals surface area contributed by atoms with Crippen molar-refractivity contribution < 1.29 is 28.2 Å². The van der Waals surface area contributed by atoms with Crippen LogP contribution in [0.3, 0.4) is 0 Å². The van der Waals surface area contributed by atoms with Crippen molar-refractivity contribution in [2.45, 2.75) is 43.9 Å². The highest BCUT2D eigenvalue weighted by molar-refractivity contribution is 7.89. The lowest BCUT2D eigenvalue weighted by atomic mass is 10.0. The molecule has 0 aliphatic heterocycles. The number of aliphatic hydroxyl groups excluding tert-OH is 1. The number of sulfonamides is 1. The largest absolute Gasteiger partial charge is 0.465 e. The average Bonchev–Trinajstić information content (AvgIpc) is 2.83. The normalized spacial score (nSPS) is 13.2. The van der Waals surface area contributed by atoms with Gasteiger partial charge in [-0.3, -0.25) is 4.79 Å². The Hall–Kier alpha value is -3.35. The van der Waals surface area contributed by atoms with Gasteiger partial charge in [0.2, 0.25) is 15.9 Å². The Kier molecular flexibility index (Phi) is 11.0. The highest BCUT2D eigenvalue weighted by Crippen LogP contribution is 2.20. The lowest BCUT2D eigenvalue weighted by molar-refractivity contribution is -0.121. The van der Waals surface area contributed by atoms with Crippen molar-refractivity contribution in [2.75, 3.05) is 19.6 Å². The average molecular weight is 521 g/mol. The standard InChI is InChI=1S/C24H32N4O7S/c1-17(2)15-28(36(34,35)20-10-8-19(9-11-20)13-26-33)16-22(29)21(12-18-6-4-3-5-7-18)27-23(30)14-25-24(31)32/h3-11,17,21-22,25,29H,12-16H2,1-2H3,(H,27,30)(H,31,32)/t21-,22+/m0/s1. The van der Waals surface area contributed by atoms with E-state index in [1.807, 2.05) is 25.2 Å². The molecule has 0 saturated carbocycles. The first-order valence-electron chi connectivity index (χ1n) is 11.4. The molecule has 2 aromatic rings. The molecule has 0 bridgehead atoms. The number of rotatable bonds is 14. The molecule has 0 heterocycles. The maximum absolute atomic E-state index is 13.4. The summed E-state index contributed by atoms with van der Waals surface area (Å²) in [7, 11) is -4.02. The van der Waals surface area contributed by atoms with Crippen LogP contribution in [0, 0.1) is 10.8 Å². The fourth-order valence-electron chi connectivity index (χ4n) is 3.57. The van der Waals surface area contributed by atoms with Crippen molar-refractivity contribution in [1.29, 1.82) is 0 Å². The van der Waals surface area contributed by atoms with Crippen LogP contribution in [-0.4, -0.2) is 66.7 Å². The van der Waals surface area contributed by atoms with E-state index in [4.69, 9.17) is 5.11 Å². The Labute approximate surface area is 210 Å². The van der Waals surface area contributed by atoms with E-state index in [2.05, 4.69) is 10.5 Å². The Morgan fingerprint density at radius 3 is 2.19 bits per heavy atom. The Morgan fingerprint density at radius 1 is 1.00 bits per heavy atom. The third kappa shape index (κ3) is 9.02. The highest BCUT2D eigenvalue weighted by Gasteiger charge is 2.31. The number of nitroso groups, excluding NO2 is 1. The smallest absolute Gasteiger partial charge is 0.405 e. The molecular weight excluding hydrogens is 488 g/mol. The van der Waals surface area contributed by atoms with Crippen LogP contribution in [-0.2, 0) is 27.8 Å². The third-order valence-corrected chi connectivity index (χ3v) is 7.12. The summed E-state index contributed by atoms with van der Waals surface area (Å²) in [4.78, 5) is 33.5. The number of carbonyl (C=O) groups excluding carboxylic acids is 1. The van der Waals surface area contributed by atoms with Crippen LogP contribution in [0.2, 0.25) is 0 Å². The summed E-state index contributed by atoms with van der Waals surface area (Å²) in [5, 5.41) is 27.2. The molecule has 11 nitrogen and oxygen atoms in total. The van der Waals surface area contributed by atoms with Crippen molar-refractivity contribution in [3.05, 3.63) is 70.6 Å². The van der Waals surface area contributed by atoms with Gasteiger partial charge in [-0.2, -0.15) is 9.21 Å². The molecule has 0 fully saturated rings. The van der Waals surface area contributed by atoms with Crippen LogP contribution in [0.1, 0.15) is 25.0 Å². The molecule has 2 aromatic carbocycles. The summed E-state index contributed by atoms with van der Waals surface area (Å²) in [5.74, 6) is -0.720. The van der Waals surface area contributed by atoms with Crippen LogP contribution >= 0.6 is 0 Å². The molecular formula is C24H32N4O7S. The molecule has 36 heavy (non-hydrogen) atoms. The zero-order chi connectivity index (χ0) is 26.7. The van der Waals surface area contributed by atoms with Gasteiger partial charge in [0, 0.05) is 13.1 Å². The van der Waals surface area contributed by atoms with Gasteiger partial charge in [-0.15, -0.1) is 0 Å². The molecule has 0 spiro atoms. The van der Waals surface area contributed by atoms with Crippen LogP contribution in [0.25, 0.3) is 0 Å². The molecule has 0 saturated heterocycles. The summed E-state index contributed by atoms with van der Waals surface area (Å²) < 4.78 is 28.0. The number of benzene rings is 2. The van der Waals surface area contributed by atoms with Crippen LogP contribution in [0.15, 0.2) is 64.7 Å². The van der Waals surface area contributed by atoms with Crippen LogP contribution < -0.4 is 10.6 Å². The second-order valence-electron chi connectivity index (χ2n) is 8.74. The maximum Gasteiger partial charge on any atom is 0.405 e. The first-order valence-corrected chi connectivity index (χ1v) is 12.8. The zero-order valence-electron chi connectivity index (χ0n) is 20.2. The number of amides is 2. The van der Waals surface area contributed by atoms with E-state index in [9.17, 15) is 28.0 Å². The molecule has 0 aliphatic rings. The minimum atomic E-state index is -4.02. The van der Waals surface area contributed by atoms with Gasteiger partial charge in [0.15, 0.2) is 0 Å². The fourth-order valence-corrected chi connectivity index (χ4v) is 5.19. The number of carboxylic acid groups (broad SMARTS) is 1. The Morgan fingerprint density at radius 2 is 1.64 bits per heavy atom. The zero-order valence-corrected chi connectivity index (χ0v) is 21.0. The molecule has 0 aromatic heterocycles. The first-order chi connectivity index (χ1) is 17.0. The summed E-state index contributed by atoms with van der Waals surface area (Å²) in [5.41, 5.74) is 1.37. The van der Waals surface area contributed by atoms with Gasteiger partial charge in [0.25, 0.3) is 0 Å². The second-order valence-corrected chi connectivity index (χ2v) is 10.7. The van der Waals surface area contributed by atoms with E-state index in [-0.39, 0.29) is 36.9 Å². The van der Waals surface area contributed by atoms with E-state index in [1.165, 1.54) is 24.3 Å². The second kappa shape index (κ2) is 13.7. The quantitative estimate of drug-likeness (QED) is 0.276. The molecule has 12 heteroatoms. The maximum atomic E-state index is 13.4. The van der Waals surface area contributed by atoms with Gasteiger partial charge >= 0.3 is 6.09 Å². The highest BCUT2D eigenvalue weighted by atomic mass is 32.2. The summed E-state index contributed by atoms with van der Waals surface area (Å²) in [6, 6.07) is 13.9. The van der Waals surface area contributed by atoms with E-state index in [1.54, 1.807) is 24.3 Å². The van der Waals surface area contributed by atoms with E-state index in [0.717, 1.165) is 9.87 Å². The monoisotopic (exact) mass is 520 g/mol. The number of hydrogen-bond acceptors (Lipinski definition) is 7. The van der Waals surface area contributed by atoms with Gasteiger partial charge in [-0.25, -0.2) is 13.2 Å².